The Balaban J connectivity index is 0.000000997. The lowest BCUT2D eigenvalue weighted by atomic mass is 10.0. The molecule has 0 fully saturated rings. The van der Waals surface area contributed by atoms with Crippen LogP contribution in [0.15, 0.2) is 48.5 Å². The van der Waals surface area contributed by atoms with Gasteiger partial charge in [-0.05, 0) is 63.1 Å². The Kier molecular flexibility index (Phi) is 17.2. The predicted molar refractivity (Wildman–Crippen MR) is 155 cm³/mol. The number of rotatable bonds is 10. The Morgan fingerprint density at radius 2 is 1.30 bits per heavy atom. The van der Waals surface area contributed by atoms with E-state index in [1.807, 2.05) is 56.3 Å². The Bertz CT molecular complexity index is 896. The van der Waals surface area contributed by atoms with Gasteiger partial charge in [-0.25, -0.2) is 0 Å². The molecule has 5 heteroatoms. The van der Waals surface area contributed by atoms with Crippen molar-refractivity contribution in [2.45, 2.75) is 101 Å². The molecule has 0 bridgehead atoms. The molecule has 0 atom stereocenters. The molecule has 5 nitrogen and oxygen atoms in total. The average Bonchev–Trinajstić information content (AvgIpc) is 2.85. The van der Waals surface area contributed by atoms with Crippen molar-refractivity contribution >= 4 is 11.9 Å². The molecule has 0 spiro atoms. The van der Waals surface area contributed by atoms with E-state index in [0.717, 1.165) is 23.2 Å². The van der Waals surface area contributed by atoms with Crippen molar-refractivity contribution in [1.29, 1.82) is 0 Å². The summed E-state index contributed by atoms with van der Waals surface area (Å²) in [6.45, 7) is 23.7. The number of benzene rings is 2. The van der Waals surface area contributed by atoms with Crippen LogP contribution in [0.25, 0.3) is 0 Å². The van der Waals surface area contributed by atoms with Crippen LogP contribution in [0.1, 0.15) is 92.9 Å². The second kappa shape index (κ2) is 18.6. The van der Waals surface area contributed by atoms with Crippen LogP contribution in [0.4, 0.5) is 0 Å². The fraction of sp³-hybridized carbons (Fsp3) is 0.562. The maximum atomic E-state index is 12.0. The van der Waals surface area contributed by atoms with E-state index in [0.29, 0.717) is 24.3 Å². The summed E-state index contributed by atoms with van der Waals surface area (Å²) >= 11 is 0. The van der Waals surface area contributed by atoms with Crippen LogP contribution in [0.3, 0.4) is 0 Å². The highest BCUT2D eigenvalue weighted by Crippen LogP contribution is 2.25. The van der Waals surface area contributed by atoms with Gasteiger partial charge in [-0.15, -0.1) is 0 Å². The van der Waals surface area contributed by atoms with Crippen LogP contribution >= 0.6 is 0 Å². The maximum Gasteiger partial charge on any atom is 0.313 e. The molecule has 2 aromatic rings. The highest BCUT2D eigenvalue weighted by Gasteiger charge is 2.15. The summed E-state index contributed by atoms with van der Waals surface area (Å²) in [7, 11) is 0. The molecule has 2 aromatic carbocycles. The summed E-state index contributed by atoms with van der Waals surface area (Å²) in [6, 6.07) is 16.9. The largest absolute Gasteiger partial charge is 0.461 e. The number of esters is 2. The standard InChI is InChI=1S/C22H26O4.C8H19N.C2H6/c1-15(2)21(23)25-14-18-10-11-20(26-22(24)16(3)4)19(13-18)12-17-8-6-5-7-9-17;1-6-9(7(2)3)8(4)5;1-2/h5-11,13,15-16H,12,14H2,1-4H3;7-8H,6H2,1-5H3;1-2H3. The highest BCUT2D eigenvalue weighted by molar-refractivity contribution is 5.75. The van der Waals surface area contributed by atoms with Gasteiger partial charge in [0.25, 0.3) is 0 Å². The van der Waals surface area contributed by atoms with Gasteiger partial charge in [-0.2, -0.15) is 0 Å². The van der Waals surface area contributed by atoms with E-state index in [1.165, 1.54) is 0 Å². The minimum absolute atomic E-state index is 0.162. The maximum absolute atomic E-state index is 12.0. The van der Waals surface area contributed by atoms with Crippen LogP contribution < -0.4 is 4.74 Å². The quantitative estimate of drug-likeness (QED) is 0.241. The first-order valence-electron chi connectivity index (χ1n) is 13.8. The van der Waals surface area contributed by atoms with Gasteiger partial charge in [0.15, 0.2) is 0 Å². The second-order valence-corrected chi connectivity index (χ2v) is 9.96. The van der Waals surface area contributed by atoms with E-state index in [-0.39, 0.29) is 30.4 Å². The third kappa shape index (κ3) is 13.5. The van der Waals surface area contributed by atoms with Crippen LogP contribution in [-0.2, 0) is 27.4 Å². The van der Waals surface area contributed by atoms with Gasteiger partial charge >= 0.3 is 11.9 Å². The zero-order valence-electron chi connectivity index (χ0n) is 25.1. The van der Waals surface area contributed by atoms with Crippen molar-refractivity contribution in [3.63, 3.8) is 0 Å². The molecule has 0 aliphatic carbocycles. The van der Waals surface area contributed by atoms with Gasteiger partial charge < -0.3 is 9.47 Å². The van der Waals surface area contributed by atoms with Gasteiger partial charge in [-0.3, -0.25) is 14.5 Å². The molecule has 2 rings (SSSR count). The third-order valence-corrected chi connectivity index (χ3v) is 5.59. The Labute approximate surface area is 226 Å². The third-order valence-electron chi connectivity index (χ3n) is 5.59. The summed E-state index contributed by atoms with van der Waals surface area (Å²) in [5.74, 6) is -0.314. The van der Waals surface area contributed by atoms with Crippen molar-refractivity contribution in [2.75, 3.05) is 6.54 Å². The molecule has 0 saturated heterocycles. The summed E-state index contributed by atoms with van der Waals surface area (Å²) in [5, 5.41) is 0. The molecule has 0 aliphatic heterocycles. The van der Waals surface area contributed by atoms with E-state index in [4.69, 9.17) is 9.47 Å². The van der Waals surface area contributed by atoms with Gasteiger partial charge in [0, 0.05) is 18.5 Å². The molecule has 0 aromatic heterocycles. The lowest BCUT2D eigenvalue weighted by Crippen LogP contribution is -2.36. The number of hydrogen-bond donors (Lipinski definition) is 0. The summed E-state index contributed by atoms with van der Waals surface area (Å²) in [6.07, 6.45) is 0.632. The van der Waals surface area contributed by atoms with Crippen molar-refractivity contribution in [1.82, 2.24) is 4.90 Å². The monoisotopic (exact) mass is 513 g/mol. The normalized spacial score (nSPS) is 10.7. The van der Waals surface area contributed by atoms with Crippen molar-refractivity contribution in [2.24, 2.45) is 11.8 Å². The smallest absolute Gasteiger partial charge is 0.313 e. The van der Waals surface area contributed by atoms with Gasteiger partial charge in [-0.1, -0.05) is 84.9 Å². The molecule has 0 unspecified atom stereocenters. The fourth-order valence-electron chi connectivity index (χ4n) is 3.65. The molecule has 0 heterocycles. The Morgan fingerprint density at radius 1 is 0.757 bits per heavy atom. The van der Waals surface area contributed by atoms with Crippen molar-refractivity contribution in [3.8, 4) is 5.75 Å². The van der Waals surface area contributed by atoms with E-state index >= 15 is 0 Å². The van der Waals surface area contributed by atoms with Crippen LogP contribution in [0.2, 0.25) is 0 Å². The average molecular weight is 514 g/mol. The SMILES string of the molecule is CC.CC(C)C(=O)OCc1ccc(OC(=O)C(C)C)c(Cc2ccccc2)c1.CCN(C(C)C)C(C)C. The van der Waals surface area contributed by atoms with Crippen LogP contribution in [-0.4, -0.2) is 35.5 Å². The molecule has 0 aliphatic rings. The van der Waals surface area contributed by atoms with E-state index < -0.39 is 0 Å². The zero-order valence-corrected chi connectivity index (χ0v) is 25.1. The summed E-state index contributed by atoms with van der Waals surface area (Å²) in [5.41, 5.74) is 2.88. The molecule has 208 valence electrons. The molecule has 0 amide bonds. The topological polar surface area (TPSA) is 55.8 Å². The number of nitrogens with zero attached hydrogens (tertiary/aromatic N) is 1. The van der Waals surface area contributed by atoms with E-state index in [2.05, 4.69) is 39.5 Å². The van der Waals surface area contributed by atoms with E-state index in [9.17, 15) is 9.59 Å². The Morgan fingerprint density at radius 3 is 1.73 bits per heavy atom. The zero-order chi connectivity index (χ0) is 28.5. The first-order valence-corrected chi connectivity index (χ1v) is 13.8. The number of ether oxygens (including phenoxy) is 2. The van der Waals surface area contributed by atoms with Gasteiger partial charge in [0.2, 0.25) is 0 Å². The van der Waals surface area contributed by atoms with Crippen molar-refractivity contribution < 1.29 is 19.1 Å². The minimum Gasteiger partial charge on any atom is -0.461 e. The minimum atomic E-state index is -0.265. The lowest BCUT2D eigenvalue weighted by molar-refractivity contribution is -0.148. The molecule has 0 saturated carbocycles. The van der Waals surface area contributed by atoms with Crippen LogP contribution in [0, 0.1) is 11.8 Å². The van der Waals surface area contributed by atoms with Crippen molar-refractivity contribution in [3.05, 3.63) is 65.2 Å². The summed E-state index contributed by atoms with van der Waals surface area (Å²) in [4.78, 5) is 26.1. The first-order chi connectivity index (χ1) is 17.5. The number of hydrogen-bond acceptors (Lipinski definition) is 5. The first kappa shape index (κ1) is 34.3. The van der Waals surface area contributed by atoms with Crippen LogP contribution in [0.5, 0.6) is 5.75 Å². The Hall–Kier alpha value is -2.66. The second-order valence-electron chi connectivity index (χ2n) is 9.96. The van der Waals surface area contributed by atoms with E-state index in [1.54, 1.807) is 33.8 Å². The number of carbonyl (C=O) groups is 2. The molecule has 0 radical (unpaired) electrons. The summed E-state index contributed by atoms with van der Waals surface area (Å²) < 4.78 is 10.9. The number of carbonyl (C=O) groups excluding carboxylic acids is 2. The van der Waals surface area contributed by atoms with Gasteiger partial charge in [0.1, 0.15) is 12.4 Å². The molecular weight excluding hydrogens is 462 g/mol. The predicted octanol–water partition coefficient (Wildman–Crippen LogP) is 7.69. The molecule has 37 heavy (non-hydrogen) atoms. The lowest BCUT2D eigenvalue weighted by Gasteiger charge is -2.28. The van der Waals surface area contributed by atoms with Gasteiger partial charge in [0.05, 0.1) is 11.8 Å². The fourth-order valence-corrected chi connectivity index (χ4v) is 3.65. The molecular formula is C32H51NO4. The molecule has 0 N–H and O–H groups in total. The highest BCUT2D eigenvalue weighted by atomic mass is 16.5.